The Labute approximate surface area is 116 Å². The Morgan fingerprint density at radius 1 is 1.50 bits per heavy atom. The number of methoxy groups -OCH3 is 2. The van der Waals surface area contributed by atoms with Gasteiger partial charge in [0.05, 0.1) is 14.2 Å². The largest absolute Gasteiger partial charge is 0.481 e. The molecule has 0 bridgehead atoms. The third-order valence-corrected chi connectivity index (χ3v) is 3.16. The zero-order valence-corrected chi connectivity index (χ0v) is 11.5. The summed E-state index contributed by atoms with van der Waals surface area (Å²) < 4.78 is 23.0. The van der Waals surface area contributed by atoms with Crippen molar-refractivity contribution in [2.75, 3.05) is 27.3 Å². The normalized spacial score (nSPS) is 21.6. The molecule has 110 valence electrons. The Morgan fingerprint density at radius 2 is 2.30 bits per heavy atom. The number of pyridine rings is 1. The molecule has 0 radical (unpaired) electrons. The highest BCUT2D eigenvalue weighted by Gasteiger charge is 2.24. The van der Waals surface area contributed by atoms with Gasteiger partial charge >= 0.3 is 0 Å². The molecule has 2 unspecified atom stereocenters. The molecule has 1 aliphatic heterocycles. The molecular weight excluding hydrogens is 265 g/mol. The second kappa shape index (κ2) is 6.51. The SMILES string of the molecule is COc1ccc(C(=O)NCC2CC(F)CN2)c(OC)n1. The molecular formula is C13H18FN3O3. The summed E-state index contributed by atoms with van der Waals surface area (Å²) in [5, 5.41) is 5.75. The van der Waals surface area contributed by atoms with Gasteiger partial charge in [0.15, 0.2) is 0 Å². The number of nitrogens with one attached hydrogen (secondary N) is 2. The molecule has 7 heteroatoms. The van der Waals surface area contributed by atoms with E-state index in [0.29, 0.717) is 31.0 Å². The zero-order valence-electron chi connectivity index (χ0n) is 11.5. The number of hydrogen-bond donors (Lipinski definition) is 2. The molecule has 1 aromatic rings. The molecule has 0 aromatic carbocycles. The number of amides is 1. The van der Waals surface area contributed by atoms with Crippen molar-refractivity contribution in [2.24, 2.45) is 0 Å². The van der Waals surface area contributed by atoms with Crippen LogP contribution in [0, 0.1) is 0 Å². The number of nitrogens with zero attached hydrogens (tertiary/aromatic N) is 1. The van der Waals surface area contributed by atoms with Gasteiger partial charge in [0, 0.05) is 25.2 Å². The average molecular weight is 283 g/mol. The quantitative estimate of drug-likeness (QED) is 0.824. The third kappa shape index (κ3) is 3.36. The number of carbonyl (C=O) groups excluding carboxylic acids is 1. The lowest BCUT2D eigenvalue weighted by Crippen LogP contribution is -2.37. The fraction of sp³-hybridized carbons (Fsp3) is 0.538. The van der Waals surface area contributed by atoms with Gasteiger partial charge in [-0.2, -0.15) is 4.98 Å². The smallest absolute Gasteiger partial charge is 0.256 e. The molecule has 2 N–H and O–H groups in total. The van der Waals surface area contributed by atoms with E-state index in [-0.39, 0.29) is 17.8 Å². The van der Waals surface area contributed by atoms with E-state index in [0.717, 1.165) is 0 Å². The van der Waals surface area contributed by atoms with Crippen molar-refractivity contribution < 1.29 is 18.7 Å². The lowest BCUT2D eigenvalue weighted by molar-refractivity contribution is 0.0946. The van der Waals surface area contributed by atoms with Crippen LogP contribution in [0.1, 0.15) is 16.8 Å². The Bertz CT molecular complexity index is 484. The monoisotopic (exact) mass is 283 g/mol. The average Bonchev–Trinajstić information content (AvgIpc) is 2.89. The van der Waals surface area contributed by atoms with Crippen LogP contribution in [-0.2, 0) is 0 Å². The molecule has 20 heavy (non-hydrogen) atoms. The van der Waals surface area contributed by atoms with Gasteiger partial charge in [-0.25, -0.2) is 4.39 Å². The molecule has 0 aliphatic carbocycles. The number of ether oxygens (including phenoxy) is 2. The van der Waals surface area contributed by atoms with E-state index in [4.69, 9.17) is 9.47 Å². The van der Waals surface area contributed by atoms with Crippen LogP contribution < -0.4 is 20.1 Å². The van der Waals surface area contributed by atoms with Crippen molar-refractivity contribution >= 4 is 5.91 Å². The molecule has 2 heterocycles. The van der Waals surface area contributed by atoms with Crippen molar-refractivity contribution in [3.05, 3.63) is 17.7 Å². The second-order valence-corrected chi connectivity index (χ2v) is 4.56. The molecule has 1 saturated heterocycles. The molecule has 1 amide bonds. The van der Waals surface area contributed by atoms with E-state index in [2.05, 4.69) is 15.6 Å². The Hall–Kier alpha value is -1.89. The minimum Gasteiger partial charge on any atom is -0.481 e. The summed E-state index contributed by atoms with van der Waals surface area (Å²) in [4.78, 5) is 16.1. The molecule has 1 aliphatic rings. The second-order valence-electron chi connectivity index (χ2n) is 4.56. The van der Waals surface area contributed by atoms with Gasteiger partial charge in [-0.05, 0) is 12.5 Å². The van der Waals surface area contributed by atoms with Crippen molar-refractivity contribution in [1.29, 1.82) is 0 Å². The van der Waals surface area contributed by atoms with Gasteiger partial charge in [-0.1, -0.05) is 0 Å². The first-order valence-electron chi connectivity index (χ1n) is 6.38. The predicted octanol–water partition coefficient (Wildman–Crippen LogP) is 0.529. The van der Waals surface area contributed by atoms with E-state index in [9.17, 15) is 9.18 Å². The highest BCUT2D eigenvalue weighted by atomic mass is 19.1. The van der Waals surface area contributed by atoms with Crippen LogP contribution in [0.15, 0.2) is 12.1 Å². The molecule has 1 fully saturated rings. The van der Waals surface area contributed by atoms with Crippen molar-refractivity contribution in [1.82, 2.24) is 15.6 Å². The van der Waals surface area contributed by atoms with Gasteiger partial charge < -0.3 is 20.1 Å². The summed E-state index contributed by atoms with van der Waals surface area (Å²) in [6.07, 6.45) is -0.424. The molecule has 0 saturated carbocycles. The lowest BCUT2D eigenvalue weighted by atomic mass is 10.2. The molecule has 6 nitrogen and oxygen atoms in total. The van der Waals surface area contributed by atoms with Gasteiger partial charge in [0.1, 0.15) is 11.7 Å². The summed E-state index contributed by atoms with van der Waals surface area (Å²) in [6, 6.07) is 3.13. The first kappa shape index (κ1) is 14.5. The topological polar surface area (TPSA) is 72.5 Å². The van der Waals surface area contributed by atoms with Crippen LogP contribution in [-0.4, -0.2) is 50.4 Å². The lowest BCUT2D eigenvalue weighted by Gasteiger charge is -2.13. The van der Waals surface area contributed by atoms with Crippen LogP contribution in [0.3, 0.4) is 0 Å². The van der Waals surface area contributed by atoms with E-state index >= 15 is 0 Å². The van der Waals surface area contributed by atoms with Crippen LogP contribution in [0.25, 0.3) is 0 Å². The van der Waals surface area contributed by atoms with Gasteiger partial charge in [0.2, 0.25) is 11.8 Å². The van der Waals surface area contributed by atoms with Crippen molar-refractivity contribution in [3.8, 4) is 11.8 Å². The molecule has 2 rings (SSSR count). The first-order chi connectivity index (χ1) is 9.63. The summed E-state index contributed by atoms with van der Waals surface area (Å²) >= 11 is 0. The van der Waals surface area contributed by atoms with E-state index in [1.54, 1.807) is 12.1 Å². The summed E-state index contributed by atoms with van der Waals surface area (Å²) in [6.45, 7) is 0.711. The number of rotatable bonds is 5. The Morgan fingerprint density at radius 3 is 2.90 bits per heavy atom. The number of hydrogen-bond acceptors (Lipinski definition) is 5. The maximum Gasteiger partial charge on any atom is 0.256 e. The first-order valence-corrected chi connectivity index (χ1v) is 6.38. The van der Waals surface area contributed by atoms with Gasteiger partial charge in [-0.15, -0.1) is 0 Å². The predicted molar refractivity (Wildman–Crippen MR) is 71.0 cm³/mol. The molecule has 2 atom stereocenters. The Balaban J connectivity index is 1.98. The fourth-order valence-corrected chi connectivity index (χ4v) is 2.10. The van der Waals surface area contributed by atoms with Crippen LogP contribution in [0.2, 0.25) is 0 Å². The van der Waals surface area contributed by atoms with E-state index in [1.807, 2.05) is 0 Å². The summed E-state index contributed by atoms with van der Waals surface area (Å²) in [5.41, 5.74) is 0.322. The minimum atomic E-state index is -0.839. The number of alkyl halides is 1. The maximum absolute atomic E-state index is 13.0. The van der Waals surface area contributed by atoms with Crippen LogP contribution in [0.5, 0.6) is 11.8 Å². The van der Waals surface area contributed by atoms with E-state index < -0.39 is 6.17 Å². The van der Waals surface area contributed by atoms with Crippen molar-refractivity contribution in [3.63, 3.8) is 0 Å². The number of carbonyl (C=O) groups is 1. The van der Waals surface area contributed by atoms with Gasteiger partial charge in [0.25, 0.3) is 5.91 Å². The summed E-state index contributed by atoms with van der Waals surface area (Å²) in [7, 11) is 2.92. The highest BCUT2D eigenvalue weighted by Crippen LogP contribution is 2.19. The fourth-order valence-electron chi connectivity index (χ4n) is 2.10. The highest BCUT2D eigenvalue weighted by molar-refractivity contribution is 5.96. The van der Waals surface area contributed by atoms with Crippen molar-refractivity contribution in [2.45, 2.75) is 18.6 Å². The minimum absolute atomic E-state index is 0.0360. The third-order valence-electron chi connectivity index (χ3n) is 3.16. The molecule has 0 spiro atoms. The number of aromatic nitrogens is 1. The zero-order chi connectivity index (χ0) is 14.5. The van der Waals surface area contributed by atoms with Crippen LogP contribution >= 0.6 is 0 Å². The summed E-state index contributed by atoms with van der Waals surface area (Å²) in [5.74, 6) is 0.266. The van der Waals surface area contributed by atoms with Crippen LogP contribution in [0.4, 0.5) is 4.39 Å². The standard InChI is InChI=1S/C13H18FN3O3/c1-19-11-4-3-10(13(17-11)20-2)12(18)16-7-9-5-8(14)6-15-9/h3-4,8-9,15H,5-7H2,1-2H3,(H,16,18). The van der Waals surface area contributed by atoms with E-state index in [1.165, 1.54) is 14.2 Å². The molecule has 1 aromatic heterocycles. The van der Waals surface area contributed by atoms with Gasteiger partial charge in [-0.3, -0.25) is 4.79 Å². The maximum atomic E-state index is 13.0. The Kier molecular flexibility index (Phi) is 4.73. The number of halogens is 1.